The first kappa shape index (κ1) is 11.6. The fourth-order valence-electron chi connectivity index (χ4n) is 2.51. The SMILES string of the molecule is Cc1noc(C)c1CNC1CCCC1CO. The summed E-state index contributed by atoms with van der Waals surface area (Å²) in [6.07, 6.45) is 3.51. The summed E-state index contributed by atoms with van der Waals surface area (Å²) in [6.45, 7) is 4.99. The smallest absolute Gasteiger partial charge is 0.138 e. The molecule has 0 bridgehead atoms. The highest BCUT2D eigenvalue weighted by Gasteiger charge is 2.26. The van der Waals surface area contributed by atoms with Gasteiger partial charge in [-0.25, -0.2) is 0 Å². The monoisotopic (exact) mass is 224 g/mol. The van der Waals surface area contributed by atoms with Gasteiger partial charge in [-0.3, -0.25) is 0 Å². The molecule has 2 N–H and O–H groups in total. The van der Waals surface area contributed by atoms with Crippen molar-refractivity contribution in [2.24, 2.45) is 5.92 Å². The highest BCUT2D eigenvalue weighted by Crippen LogP contribution is 2.25. The maximum absolute atomic E-state index is 9.23. The van der Waals surface area contributed by atoms with Crippen molar-refractivity contribution in [1.82, 2.24) is 10.5 Å². The number of nitrogens with zero attached hydrogens (tertiary/aromatic N) is 1. The number of aromatic nitrogens is 1. The molecule has 2 unspecified atom stereocenters. The Hall–Kier alpha value is -0.870. The minimum absolute atomic E-state index is 0.291. The van der Waals surface area contributed by atoms with Crippen molar-refractivity contribution in [3.05, 3.63) is 17.0 Å². The summed E-state index contributed by atoms with van der Waals surface area (Å²) in [5.41, 5.74) is 2.12. The highest BCUT2D eigenvalue weighted by atomic mass is 16.5. The number of hydrogen-bond donors (Lipinski definition) is 2. The topological polar surface area (TPSA) is 58.3 Å². The summed E-state index contributed by atoms with van der Waals surface area (Å²) < 4.78 is 5.12. The Kier molecular flexibility index (Phi) is 3.61. The largest absolute Gasteiger partial charge is 0.396 e. The van der Waals surface area contributed by atoms with Crippen molar-refractivity contribution in [2.75, 3.05) is 6.61 Å². The lowest BCUT2D eigenvalue weighted by molar-refractivity contribution is 0.205. The molecule has 0 radical (unpaired) electrons. The molecule has 1 aliphatic rings. The van der Waals surface area contributed by atoms with Crippen molar-refractivity contribution in [2.45, 2.75) is 45.7 Å². The van der Waals surface area contributed by atoms with Crippen molar-refractivity contribution in [3.63, 3.8) is 0 Å². The Morgan fingerprint density at radius 3 is 2.88 bits per heavy atom. The first-order chi connectivity index (χ1) is 7.72. The average Bonchev–Trinajstić information content (AvgIpc) is 2.84. The van der Waals surface area contributed by atoms with Gasteiger partial charge in [-0.15, -0.1) is 0 Å². The molecule has 1 aliphatic carbocycles. The van der Waals surface area contributed by atoms with E-state index in [2.05, 4.69) is 10.5 Å². The van der Waals surface area contributed by atoms with Gasteiger partial charge in [-0.2, -0.15) is 0 Å². The van der Waals surface area contributed by atoms with Crippen molar-refractivity contribution >= 4 is 0 Å². The zero-order valence-electron chi connectivity index (χ0n) is 9.99. The van der Waals surface area contributed by atoms with Crippen LogP contribution in [0.5, 0.6) is 0 Å². The van der Waals surface area contributed by atoms with Crippen LogP contribution < -0.4 is 5.32 Å². The molecule has 2 atom stereocenters. The second kappa shape index (κ2) is 4.97. The maximum Gasteiger partial charge on any atom is 0.138 e. The highest BCUT2D eigenvalue weighted by molar-refractivity contribution is 5.20. The predicted molar refractivity (Wildman–Crippen MR) is 61.0 cm³/mol. The molecule has 0 spiro atoms. The Balaban J connectivity index is 1.92. The van der Waals surface area contributed by atoms with E-state index in [9.17, 15) is 5.11 Å². The van der Waals surface area contributed by atoms with Gasteiger partial charge in [0.15, 0.2) is 0 Å². The lowest BCUT2D eigenvalue weighted by Crippen LogP contribution is -2.33. The van der Waals surface area contributed by atoms with E-state index in [-0.39, 0.29) is 0 Å². The molecule has 4 heteroatoms. The van der Waals surface area contributed by atoms with E-state index >= 15 is 0 Å². The molecule has 1 heterocycles. The van der Waals surface area contributed by atoms with Crippen molar-refractivity contribution in [1.29, 1.82) is 0 Å². The van der Waals surface area contributed by atoms with Gasteiger partial charge >= 0.3 is 0 Å². The molecular formula is C12H20N2O2. The van der Waals surface area contributed by atoms with Crippen LogP contribution in [0, 0.1) is 19.8 Å². The number of rotatable bonds is 4. The van der Waals surface area contributed by atoms with Crippen molar-refractivity contribution < 1.29 is 9.63 Å². The quantitative estimate of drug-likeness (QED) is 0.814. The molecule has 1 fully saturated rings. The van der Waals surface area contributed by atoms with E-state index in [0.717, 1.165) is 36.4 Å². The Bertz CT molecular complexity index is 329. The third-order valence-electron chi connectivity index (χ3n) is 3.62. The van der Waals surface area contributed by atoms with Crippen LogP contribution in [0.2, 0.25) is 0 Å². The fraction of sp³-hybridized carbons (Fsp3) is 0.750. The first-order valence-electron chi connectivity index (χ1n) is 5.98. The molecule has 90 valence electrons. The molecule has 2 rings (SSSR count). The Morgan fingerprint density at radius 1 is 1.44 bits per heavy atom. The van der Waals surface area contributed by atoms with Gasteiger partial charge in [0.05, 0.1) is 5.69 Å². The minimum Gasteiger partial charge on any atom is -0.396 e. The Labute approximate surface area is 96.0 Å². The lowest BCUT2D eigenvalue weighted by atomic mass is 10.0. The van der Waals surface area contributed by atoms with Crippen molar-refractivity contribution in [3.8, 4) is 0 Å². The Morgan fingerprint density at radius 2 is 2.25 bits per heavy atom. The number of aryl methyl sites for hydroxylation is 2. The minimum atomic E-state index is 0.291. The molecule has 0 saturated heterocycles. The first-order valence-corrected chi connectivity index (χ1v) is 5.98. The zero-order valence-corrected chi connectivity index (χ0v) is 9.99. The molecule has 0 aromatic carbocycles. The second-order valence-electron chi connectivity index (χ2n) is 4.66. The third kappa shape index (κ3) is 2.28. The van der Waals surface area contributed by atoms with E-state index in [4.69, 9.17) is 4.52 Å². The summed E-state index contributed by atoms with van der Waals surface area (Å²) in [4.78, 5) is 0. The second-order valence-corrected chi connectivity index (χ2v) is 4.66. The summed E-state index contributed by atoms with van der Waals surface area (Å²) >= 11 is 0. The van der Waals surface area contributed by atoms with Gasteiger partial charge in [0.2, 0.25) is 0 Å². The van der Waals surface area contributed by atoms with Crippen LogP contribution in [0.15, 0.2) is 4.52 Å². The number of aliphatic hydroxyl groups excluding tert-OH is 1. The molecular weight excluding hydrogens is 204 g/mol. The molecule has 1 saturated carbocycles. The predicted octanol–water partition coefficient (Wildman–Crippen LogP) is 1.54. The van der Waals surface area contributed by atoms with E-state index in [1.807, 2.05) is 13.8 Å². The maximum atomic E-state index is 9.23. The van der Waals surface area contributed by atoms with Crippen LogP contribution in [-0.4, -0.2) is 22.9 Å². The van der Waals surface area contributed by atoms with Gasteiger partial charge in [0, 0.05) is 24.8 Å². The van der Waals surface area contributed by atoms with E-state index in [0.29, 0.717) is 18.6 Å². The summed E-state index contributed by atoms with van der Waals surface area (Å²) in [5, 5.41) is 16.7. The van der Waals surface area contributed by atoms with Gasteiger partial charge < -0.3 is 14.9 Å². The van der Waals surface area contributed by atoms with Crippen LogP contribution in [0.25, 0.3) is 0 Å². The molecule has 0 aliphatic heterocycles. The lowest BCUT2D eigenvalue weighted by Gasteiger charge is -2.18. The molecule has 0 amide bonds. The number of hydrogen-bond acceptors (Lipinski definition) is 4. The van der Waals surface area contributed by atoms with E-state index in [1.165, 1.54) is 6.42 Å². The van der Waals surface area contributed by atoms with Gasteiger partial charge in [-0.05, 0) is 32.6 Å². The standard InChI is InChI=1S/C12H20N2O2/c1-8-11(9(2)16-14-8)6-13-12-5-3-4-10(12)7-15/h10,12-13,15H,3-7H2,1-2H3. The van der Waals surface area contributed by atoms with Crippen LogP contribution >= 0.6 is 0 Å². The number of nitrogens with one attached hydrogen (secondary N) is 1. The molecule has 16 heavy (non-hydrogen) atoms. The van der Waals surface area contributed by atoms with Crippen LogP contribution in [-0.2, 0) is 6.54 Å². The van der Waals surface area contributed by atoms with Crippen LogP contribution in [0.1, 0.15) is 36.3 Å². The zero-order chi connectivity index (χ0) is 11.5. The van der Waals surface area contributed by atoms with Crippen LogP contribution in [0.4, 0.5) is 0 Å². The molecule has 1 aromatic heterocycles. The van der Waals surface area contributed by atoms with Gasteiger partial charge in [0.1, 0.15) is 5.76 Å². The summed E-state index contributed by atoms with van der Waals surface area (Å²) in [5.74, 6) is 1.31. The van der Waals surface area contributed by atoms with E-state index in [1.54, 1.807) is 0 Å². The average molecular weight is 224 g/mol. The van der Waals surface area contributed by atoms with Gasteiger partial charge in [0.25, 0.3) is 0 Å². The number of aliphatic hydroxyl groups is 1. The summed E-state index contributed by atoms with van der Waals surface area (Å²) in [6, 6.07) is 0.443. The molecule has 4 nitrogen and oxygen atoms in total. The third-order valence-corrected chi connectivity index (χ3v) is 3.62. The van der Waals surface area contributed by atoms with Crippen LogP contribution in [0.3, 0.4) is 0 Å². The van der Waals surface area contributed by atoms with Gasteiger partial charge in [-0.1, -0.05) is 11.6 Å². The van der Waals surface area contributed by atoms with E-state index < -0.39 is 0 Å². The molecule has 1 aromatic rings. The summed E-state index contributed by atoms with van der Waals surface area (Å²) in [7, 11) is 0. The normalized spacial score (nSPS) is 25.2. The fourth-order valence-corrected chi connectivity index (χ4v) is 2.51.